The van der Waals surface area contributed by atoms with Crippen molar-refractivity contribution in [1.82, 2.24) is 4.83 Å². The number of hydrogen-bond donors (Lipinski definition) is 1. The second kappa shape index (κ2) is 6.51. The van der Waals surface area contributed by atoms with Crippen LogP contribution in [0.15, 0.2) is 53.0 Å². The maximum atomic E-state index is 4.81. The first kappa shape index (κ1) is 10.1. The molecule has 0 saturated carbocycles. The Morgan fingerprint density at radius 1 is 1.00 bits per heavy atom. The maximum absolute atomic E-state index is 4.81. The standard InChI is InChI=1S/C6H6.C3H4N2S2/c1-2-4-6-5-3-1;6-7-3-1-2-4-5-7/h1-6H;1-3,5H. The highest BCUT2D eigenvalue weighted by Crippen LogP contribution is 1.83. The smallest absolute Gasteiger partial charge is 0.0484 e. The third-order valence-electron chi connectivity index (χ3n) is 1.17. The molecule has 4 heteroatoms. The van der Waals surface area contributed by atoms with Gasteiger partial charge in [0.25, 0.3) is 0 Å². The van der Waals surface area contributed by atoms with Crippen molar-refractivity contribution < 1.29 is 0 Å². The van der Waals surface area contributed by atoms with E-state index in [4.69, 9.17) is 11.2 Å². The molecule has 1 aromatic carbocycles. The van der Waals surface area contributed by atoms with E-state index in [9.17, 15) is 0 Å². The van der Waals surface area contributed by atoms with Crippen LogP contribution in [0.2, 0.25) is 0 Å². The normalized spacial score (nSPS) is 18.3. The highest BCUT2D eigenvalue weighted by atomic mass is 32.8. The van der Waals surface area contributed by atoms with Gasteiger partial charge in [0.05, 0.1) is 0 Å². The van der Waals surface area contributed by atoms with Crippen LogP contribution in [0.3, 0.4) is 0 Å². The molecule has 0 aliphatic carbocycles. The number of hydrazone groups is 1. The van der Waals surface area contributed by atoms with E-state index >= 15 is 0 Å². The first-order valence-electron chi connectivity index (χ1n) is 3.75. The predicted molar refractivity (Wildman–Crippen MR) is 61.9 cm³/mol. The Bertz CT molecular complexity index is 280. The van der Waals surface area contributed by atoms with Crippen molar-refractivity contribution in [3.05, 3.63) is 47.9 Å². The topological polar surface area (TPSA) is 24.4 Å². The monoisotopic (exact) mass is 210 g/mol. The maximum Gasteiger partial charge on any atom is 0.0484 e. The van der Waals surface area contributed by atoms with E-state index in [-0.39, 0.29) is 9.64 Å². The molecular weight excluding hydrogens is 200 g/mol. The highest BCUT2D eigenvalue weighted by Gasteiger charge is 1.83. The fourth-order valence-electron chi connectivity index (χ4n) is 0.647. The van der Waals surface area contributed by atoms with Crippen LogP contribution in [0.5, 0.6) is 0 Å². The highest BCUT2D eigenvalue weighted by molar-refractivity contribution is 8.29. The lowest BCUT2D eigenvalue weighted by molar-refractivity contribution is 1.13. The number of allylic oxidation sites excluding steroid dienone is 1. The van der Waals surface area contributed by atoms with Crippen LogP contribution in [0.4, 0.5) is 0 Å². The van der Waals surface area contributed by atoms with E-state index < -0.39 is 0 Å². The van der Waals surface area contributed by atoms with Crippen LogP contribution in [-0.2, 0) is 20.8 Å². The zero-order chi connectivity index (χ0) is 9.36. The summed E-state index contributed by atoms with van der Waals surface area (Å²) in [5.74, 6) is 0. The number of rotatable bonds is 0. The second-order valence-electron chi connectivity index (χ2n) is 2.15. The molecule has 1 heterocycles. The molecule has 0 radical (unpaired) electrons. The van der Waals surface area contributed by atoms with Gasteiger partial charge in [0.1, 0.15) is 0 Å². The van der Waals surface area contributed by atoms with Gasteiger partial charge in [-0.3, -0.25) is 0 Å². The molecule has 0 aromatic heterocycles. The Kier molecular flexibility index (Phi) is 5.05. The van der Waals surface area contributed by atoms with Crippen molar-refractivity contribution in [3.8, 4) is 0 Å². The number of nitrogens with zero attached hydrogens (tertiary/aromatic N) is 1. The predicted octanol–water partition coefficient (Wildman–Crippen LogP) is 1.77. The van der Waals surface area contributed by atoms with Crippen molar-refractivity contribution in [3.63, 3.8) is 0 Å². The fraction of sp³-hybridized carbons (Fsp3) is 0. The number of nitrogens with one attached hydrogen (secondary N) is 1. The van der Waals surface area contributed by atoms with E-state index in [0.717, 1.165) is 0 Å². The molecule has 13 heavy (non-hydrogen) atoms. The SMILES string of the molecule is S=S1C=CC=NN1.c1ccccc1. The van der Waals surface area contributed by atoms with E-state index in [1.165, 1.54) is 0 Å². The van der Waals surface area contributed by atoms with Crippen molar-refractivity contribution in [1.29, 1.82) is 0 Å². The van der Waals surface area contributed by atoms with E-state index in [2.05, 4.69) is 9.93 Å². The van der Waals surface area contributed by atoms with Gasteiger partial charge in [0.15, 0.2) is 0 Å². The summed E-state index contributed by atoms with van der Waals surface area (Å²) in [6, 6.07) is 12.0. The molecule has 2 rings (SSSR count). The van der Waals surface area contributed by atoms with Gasteiger partial charge in [-0.15, -0.1) is 0 Å². The van der Waals surface area contributed by atoms with Crippen molar-refractivity contribution in [2.24, 2.45) is 5.10 Å². The molecule has 1 aliphatic rings. The van der Waals surface area contributed by atoms with Gasteiger partial charge in [-0.25, -0.2) is 4.83 Å². The molecule has 1 unspecified atom stereocenters. The molecule has 1 N–H and O–H groups in total. The van der Waals surface area contributed by atoms with Crippen LogP contribution in [0, 0.1) is 0 Å². The van der Waals surface area contributed by atoms with Crippen LogP contribution in [0.25, 0.3) is 0 Å². The summed E-state index contributed by atoms with van der Waals surface area (Å²) >= 11 is 4.81. The molecule has 1 aliphatic heterocycles. The van der Waals surface area contributed by atoms with Gasteiger partial charge in [-0.05, 0) is 22.7 Å². The third-order valence-corrected chi connectivity index (χ3v) is 2.42. The average molecular weight is 210 g/mol. The van der Waals surface area contributed by atoms with Gasteiger partial charge in [0, 0.05) is 15.9 Å². The van der Waals surface area contributed by atoms with Crippen LogP contribution >= 0.6 is 0 Å². The average Bonchev–Trinajstić information content (AvgIpc) is 2.22. The zero-order valence-electron chi connectivity index (χ0n) is 6.96. The van der Waals surface area contributed by atoms with E-state index in [1.54, 1.807) is 6.21 Å². The van der Waals surface area contributed by atoms with Gasteiger partial charge >= 0.3 is 0 Å². The summed E-state index contributed by atoms with van der Waals surface area (Å²) < 4.78 is 0. The molecule has 0 amide bonds. The minimum absolute atomic E-state index is 0.235. The Morgan fingerprint density at radius 2 is 1.54 bits per heavy atom. The van der Waals surface area contributed by atoms with Crippen molar-refractivity contribution in [2.45, 2.75) is 0 Å². The Hall–Kier alpha value is -1.00. The molecular formula is C9H10N2S2. The van der Waals surface area contributed by atoms with E-state index in [1.807, 2.05) is 47.9 Å². The minimum atomic E-state index is -0.235. The summed E-state index contributed by atoms with van der Waals surface area (Å²) in [7, 11) is -0.235. The second-order valence-corrected chi connectivity index (χ2v) is 4.28. The lowest BCUT2D eigenvalue weighted by atomic mass is 10.4. The fourth-order valence-corrected chi connectivity index (χ4v) is 1.41. The quantitative estimate of drug-likeness (QED) is 0.706. The molecule has 0 spiro atoms. The summed E-state index contributed by atoms with van der Waals surface area (Å²) in [4.78, 5) is 2.71. The zero-order valence-corrected chi connectivity index (χ0v) is 8.59. The van der Waals surface area contributed by atoms with Crippen LogP contribution in [-0.4, -0.2) is 6.21 Å². The first-order valence-corrected chi connectivity index (χ1v) is 5.97. The van der Waals surface area contributed by atoms with Gasteiger partial charge in [-0.1, -0.05) is 36.4 Å². The summed E-state index contributed by atoms with van der Waals surface area (Å²) in [6.07, 6.45) is 3.52. The molecule has 1 atom stereocenters. The van der Waals surface area contributed by atoms with Gasteiger partial charge in [0.2, 0.25) is 0 Å². The molecule has 1 aromatic rings. The van der Waals surface area contributed by atoms with Crippen molar-refractivity contribution in [2.75, 3.05) is 0 Å². The van der Waals surface area contributed by atoms with Crippen LogP contribution in [0.1, 0.15) is 0 Å². The first-order chi connectivity index (χ1) is 6.39. The third kappa shape index (κ3) is 5.27. The summed E-state index contributed by atoms with van der Waals surface area (Å²) in [5, 5.41) is 5.60. The molecule has 68 valence electrons. The van der Waals surface area contributed by atoms with Gasteiger partial charge < -0.3 is 0 Å². The lowest BCUT2D eigenvalue weighted by Gasteiger charge is -1.97. The Balaban J connectivity index is 0.000000132. The summed E-state index contributed by atoms with van der Waals surface area (Å²) in [5.41, 5.74) is 0. The molecule has 0 bridgehead atoms. The number of benzene rings is 1. The minimum Gasteiger partial charge on any atom is -0.245 e. The number of hydrogen-bond acceptors (Lipinski definition) is 2. The summed E-state index contributed by atoms with van der Waals surface area (Å²) in [6.45, 7) is 0. The largest absolute Gasteiger partial charge is 0.245 e. The Labute approximate surface area is 85.1 Å². The molecule has 2 nitrogen and oxygen atoms in total. The van der Waals surface area contributed by atoms with Crippen LogP contribution < -0.4 is 4.83 Å². The van der Waals surface area contributed by atoms with Gasteiger partial charge in [-0.2, -0.15) is 5.10 Å². The lowest BCUT2D eigenvalue weighted by Crippen LogP contribution is -2.08. The Morgan fingerprint density at radius 3 is 1.77 bits per heavy atom. The molecule has 0 fully saturated rings. The molecule has 0 saturated heterocycles. The van der Waals surface area contributed by atoms with Crippen molar-refractivity contribution >= 4 is 27.0 Å². The van der Waals surface area contributed by atoms with E-state index in [0.29, 0.717) is 0 Å².